The summed E-state index contributed by atoms with van der Waals surface area (Å²) in [6.45, 7) is 0.947. The maximum absolute atomic E-state index is 10.8. The van der Waals surface area contributed by atoms with Gasteiger partial charge in [-0.1, -0.05) is 23.9 Å². The predicted octanol–water partition coefficient (Wildman–Crippen LogP) is 3.36. The summed E-state index contributed by atoms with van der Waals surface area (Å²) in [5.41, 5.74) is 2.07. The number of aromatic nitrogens is 2. The van der Waals surface area contributed by atoms with E-state index in [1.165, 1.54) is 36.1 Å². The summed E-state index contributed by atoms with van der Waals surface area (Å²) in [7, 11) is 0. The van der Waals surface area contributed by atoms with Gasteiger partial charge in [0.25, 0.3) is 0 Å². The Morgan fingerprint density at radius 1 is 1.38 bits per heavy atom. The van der Waals surface area contributed by atoms with Gasteiger partial charge < -0.3 is 9.67 Å². The molecule has 0 atom stereocenters. The van der Waals surface area contributed by atoms with E-state index in [-0.39, 0.29) is 5.75 Å². The van der Waals surface area contributed by atoms with Crippen molar-refractivity contribution in [3.8, 4) is 0 Å². The number of thioether (sulfide) groups is 2. The van der Waals surface area contributed by atoms with Gasteiger partial charge in [0.15, 0.2) is 5.16 Å². The summed E-state index contributed by atoms with van der Waals surface area (Å²) in [4.78, 5) is 15.4. The molecule has 6 heteroatoms. The average molecular weight is 322 g/mol. The number of para-hydroxylation sites is 2. The molecule has 1 aliphatic rings. The second kappa shape index (κ2) is 6.75. The summed E-state index contributed by atoms with van der Waals surface area (Å²) in [5, 5.41) is 9.73. The number of fused-ring (bicyclic) bond motifs is 1. The summed E-state index contributed by atoms with van der Waals surface area (Å²) in [6.07, 6.45) is 2.47. The fraction of sp³-hybridized carbons (Fsp3) is 0.467. The SMILES string of the molecule is O=C(O)CSc1nc2ccccc2n1CC1CCSCC1. The molecule has 0 spiro atoms. The molecule has 1 aromatic carbocycles. The third-order valence-corrected chi connectivity index (χ3v) is 5.74. The Labute approximate surface area is 132 Å². The fourth-order valence-corrected chi connectivity index (χ4v) is 4.60. The van der Waals surface area contributed by atoms with Crippen molar-refractivity contribution in [2.24, 2.45) is 5.92 Å². The molecule has 1 aromatic heterocycles. The summed E-state index contributed by atoms with van der Waals surface area (Å²) in [6, 6.07) is 8.06. The largest absolute Gasteiger partial charge is 0.481 e. The summed E-state index contributed by atoms with van der Waals surface area (Å²) >= 11 is 3.34. The molecule has 0 saturated carbocycles. The van der Waals surface area contributed by atoms with E-state index in [4.69, 9.17) is 5.11 Å². The van der Waals surface area contributed by atoms with Crippen LogP contribution in [0.4, 0.5) is 0 Å². The second-order valence-corrected chi connectivity index (χ2v) is 7.40. The highest BCUT2D eigenvalue weighted by atomic mass is 32.2. The van der Waals surface area contributed by atoms with E-state index in [1.54, 1.807) is 0 Å². The number of hydrogen-bond donors (Lipinski definition) is 1. The van der Waals surface area contributed by atoms with Gasteiger partial charge in [-0.15, -0.1) is 0 Å². The zero-order valence-corrected chi connectivity index (χ0v) is 13.3. The van der Waals surface area contributed by atoms with Crippen molar-refractivity contribution in [1.29, 1.82) is 0 Å². The van der Waals surface area contributed by atoms with Crippen LogP contribution in [0.2, 0.25) is 0 Å². The molecule has 112 valence electrons. The van der Waals surface area contributed by atoms with E-state index in [1.807, 2.05) is 30.0 Å². The standard InChI is InChI=1S/C15H18N2O2S2/c18-14(19)10-21-15-16-12-3-1-2-4-13(12)17(15)9-11-5-7-20-8-6-11/h1-4,11H,5-10H2,(H,18,19). The predicted molar refractivity (Wildman–Crippen MR) is 88.1 cm³/mol. The third kappa shape index (κ3) is 3.55. The van der Waals surface area contributed by atoms with Crippen LogP contribution < -0.4 is 0 Å². The van der Waals surface area contributed by atoms with Gasteiger partial charge in [0.2, 0.25) is 0 Å². The van der Waals surface area contributed by atoms with Gasteiger partial charge in [-0.2, -0.15) is 11.8 Å². The van der Waals surface area contributed by atoms with Crippen molar-refractivity contribution in [3.63, 3.8) is 0 Å². The zero-order valence-electron chi connectivity index (χ0n) is 11.7. The highest BCUT2D eigenvalue weighted by molar-refractivity contribution is 7.99. The van der Waals surface area contributed by atoms with Crippen LogP contribution in [0.3, 0.4) is 0 Å². The fourth-order valence-electron chi connectivity index (χ4n) is 2.65. The molecule has 2 aromatic rings. The Bertz CT molecular complexity index is 636. The Morgan fingerprint density at radius 3 is 2.90 bits per heavy atom. The van der Waals surface area contributed by atoms with Crippen LogP contribution in [0.1, 0.15) is 12.8 Å². The molecule has 1 aliphatic heterocycles. The molecular weight excluding hydrogens is 304 g/mol. The molecule has 21 heavy (non-hydrogen) atoms. The van der Waals surface area contributed by atoms with E-state index in [2.05, 4.69) is 15.6 Å². The highest BCUT2D eigenvalue weighted by Crippen LogP contribution is 2.29. The normalized spacial score (nSPS) is 16.4. The van der Waals surface area contributed by atoms with Gasteiger partial charge in [-0.05, 0) is 42.4 Å². The number of imidazole rings is 1. The minimum Gasteiger partial charge on any atom is -0.481 e. The first-order valence-electron chi connectivity index (χ1n) is 7.11. The molecule has 0 bridgehead atoms. The lowest BCUT2D eigenvalue weighted by Crippen LogP contribution is -2.17. The lowest BCUT2D eigenvalue weighted by atomic mass is 10.0. The number of aliphatic carboxylic acids is 1. The average Bonchev–Trinajstić information content (AvgIpc) is 2.84. The van der Waals surface area contributed by atoms with Crippen molar-refractivity contribution in [3.05, 3.63) is 24.3 Å². The van der Waals surface area contributed by atoms with Crippen LogP contribution in [-0.4, -0.2) is 37.9 Å². The van der Waals surface area contributed by atoms with Gasteiger partial charge in [0, 0.05) is 6.54 Å². The van der Waals surface area contributed by atoms with Crippen molar-refractivity contribution in [2.75, 3.05) is 17.3 Å². The molecule has 1 saturated heterocycles. The van der Waals surface area contributed by atoms with Crippen LogP contribution in [0.15, 0.2) is 29.4 Å². The number of carboxylic acids is 1. The topological polar surface area (TPSA) is 55.1 Å². The van der Waals surface area contributed by atoms with E-state index in [9.17, 15) is 4.79 Å². The number of carbonyl (C=O) groups is 1. The van der Waals surface area contributed by atoms with Gasteiger partial charge in [0.05, 0.1) is 16.8 Å². The van der Waals surface area contributed by atoms with Crippen LogP contribution in [0.5, 0.6) is 0 Å². The summed E-state index contributed by atoms with van der Waals surface area (Å²) in [5.74, 6) is 2.40. The maximum Gasteiger partial charge on any atom is 0.313 e. The maximum atomic E-state index is 10.8. The summed E-state index contributed by atoms with van der Waals surface area (Å²) < 4.78 is 2.21. The van der Waals surface area contributed by atoms with Crippen molar-refractivity contribution < 1.29 is 9.90 Å². The first-order valence-corrected chi connectivity index (χ1v) is 9.25. The Kier molecular flexibility index (Phi) is 4.75. The van der Waals surface area contributed by atoms with Crippen LogP contribution in [0, 0.1) is 5.92 Å². The van der Waals surface area contributed by atoms with E-state index in [0.29, 0.717) is 5.92 Å². The number of hydrogen-bond acceptors (Lipinski definition) is 4. The number of nitrogens with zero attached hydrogens (tertiary/aromatic N) is 2. The minimum atomic E-state index is -0.798. The second-order valence-electron chi connectivity index (χ2n) is 5.23. The van der Waals surface area contributed by atoms with E-state index >= 15 is 0 Å². The third-order valence-electron chi connectivity index (χ3n) is 3.73. The van der Waals surface area contributed by atoms with Crippen molar-refractivity contribution >= 4 is 40.5 Å². The molecule has 0 unspecified atom stereocenters. The van der Waals surface area contributed by atoms with Crippen LogP contribution >= 0.6 is 23.5 Å². The number of carboxylic acid groups (broad SMARTS) is 1. The lowest BCUT2D eigenvalue weighted by molar-refractivity contribution is -0.133. The van der Waals surface area contributed by atoms with E-state index < -0.39 is 5.97 Å². The van der Waals surface area contributed by atoms with Crippen LogP contribution in [-0.2, 0) is 11.3 Å². The first-order chi connectivity index (χ1) is 10.2. The molecule has 0 aliphatic carbocycles. The number of rotatable bonds is 5. The molecule has 4 nitrogen and oxygen atoms in total. The Morgan fingerprint density at radius 2 is 2.14 bits per heavy atom. The quantitative estimate of drug-likeness (QED) is 0.856. The Hall–Kier alpha value is -1.14. The molecule has 2 heterocycles. The van der Waals surface area contributed by atoms with Gasteiger partial charge in [-0.3, -0.25) is 4.79 Å². The van der Waals surface area contributed by atoms with Crippen molar-refractivity contribution in [2.45, 2.75) is 24.5 Å². The first kappa shape index (κ1) is 14.8. The van der Waals surface area contributed by atoms with Gasteiger partial charge in [-0.25, -0.2) is 4.98 Å². The molecule has 0 radical (unpaired) electrons. The highest BCUT2D eigenvalue weighted by Gasteiger charge is 2.19. The van der Waals surface area contributed by atoms with Gasteiger partial charge >= 0.3 is 5.97 Å². The molecule has 0 amide bonds. The molecule has 3 rings (SSSR count). The van der Waals surface area contributed by atoms with Crippen molar-refractivity contribution in [1.82, 2.24) is 9.55 Å². The molecular formula is C15H18N2O2S2. The smallest absolute Gasteiger partial charge is 0.313 e. The minimum absolute atomic E-state index is 0.0594. The lowest BCUT2D eigenvalue weighted by Gasteiger charge is -2.22. The van der Waals surface area contributed by atoms with Crippen LogP contribution in [0.25, 0.3) is 11.0 Å². The number of benzene rings is 1. The monoisotopic (exact) mass is 322 g/mol. The molecule has 1 fully saturated rings. The Balaban J connectivity index is 1.88. The van der Waals surface area contributed by atoms with E-state index in [0.717, 1.165) is 22.7 Å². The zero-order chi connectivity index (χ0) is 14.7. The van der Waals surface area contributed by atoms with Gasteiger partial charge in [0.1, 0.15) is 0 Å². The molecule has 1 N–H and O–H groups in total.